The molecule has 6 aliphatic rings. The molecule has 12 rings (SSSR count). The van der Waals surface area contributed by atoms with E-state index >= 15 is 4.79 Å². The summed E-state index contributed by atoms with van der Waals surface area (Å²) in [6.07, 6.45) is 7.86. The monoisotopic (exact) mass is 1420 g/mol. The second-order valence-corrected chi connectivity index (χ2v) is 30.8. The molecule has 25 heteroatoms. The molecular formula is C78H105FN14O10. The highest BCUT2D eigenvalue weighted by atomic mass is 19.1. The molecule has 0 bridgehead atoms. The van der Waals surface area contributed by atoms with Crippen LogP contribution in [0.4, 0.5) is 14.0 Å². The molecule has 6 saturated heterocycles. The van der Waals surface area contributed by atoms with Gasteiger partial charge in [0.25, 0.3) is 5.91 Å². The Morgan fingerprint density at radius 2 is 1.09 bits per heavy atom. The Hall–Kier alpha value is -8.97. The smallest absolute Gasteiger partial charge is 0.408 e. The number of carbonyl (C=O) groups excluding carboxylic acids is 6. The van der Waals surface area contributed by atoms with Gasteiger partial charge in [0.05, 0.1) is 35.3 Å². The number of nitrogens with zero attached hydrogens (tertiary/aromatic N) is 11. The van der Waals surface area contributed by atoms with Gasteiger partial charge in [-0.2, -0.15) is 10.2 Å². The molecule has 5 N–H and O–H groups in total. The van der Waals surface area contributed by atoms with Crippen LogP contribution in [0.2, 0.25) is 0 Å². The molecule has 6 aliphatic heterocycles. The number of halogens is 1. The molecule has 0 spiro atoms. The summed E-state index contributed by atoms with van der Waals surface area (Å²) in [5, 5.41) is 41.1. The van der Waals surface area contributed by atoms with E-state index < -0.39 is 71.6 Å². The molecule has 2 aromatic heterocycles. The fourth-order valence-electron chi connectivity index (χ4n) is 17.4. The van der Waals surface area contributed by atoms with Crippen molar-refractivity contribution in [2.45, 2.75) is 161 Å². The van der Waals surface area contributed by atoms with Crippen LogP contribution in [-0.4, -0.2) is 227 Å². The van der Waals surface area contributed by atoms with Crippen LogP contribution in [0.15, 0.2) is 97.3 Å². The summed E-state index contributed by atoms with van der Waals surface area (Å²) in [7, 11) is 7.28. The maximum absolute atomic E-state index is 15.6. The standard InChI is InChI=1S/C40H55N7O5.C38H50FN7O5/c1-26-9-11-27(12-10-26)20-29-22-34(35(48)42-23-28-13-14-33-30(21-28)24-43-45(33)6)46(25-29)37(50)40(39(2,3)4)32(8-7-19-47(40)38(51)52)36(49)44(5)31-15-17-41-18-16-31;1-25-6-8-26(9-7-25)19-28-21-33(35(47)40-22-27-10-11-32-29(20-27)23-41-43(32)3)46(24-28)37(49)34-31(5-4-15-45(34)38(50)51)36(48)42(2)30-12-16-44(17-13-30)18-14-39/h9-14,21,24,29,31-32,34,41H,7-8,15-20,22-23,25H2,1-6H3,(H,42,48)(H,51,52);6-11,20,23,28,30-31,33-34H,4-5,12-19,21-22,24H2,1-3H3,(H,40,47)(H,50,51)/t29-,32-,34+,40+;28-,31+,33+,34-/m11/s1. The number of rotatable bonds is 18. The number of piperidine rings is 4. The van der Waals surface area contributed by atoms with E-state index in [-0.39, 0.29) is 86.8 Å². The average Bonchev–Trinajstić information content (AvgIpc) is 1.23. The molecule has 4 aromatic carbocycles. The number of aryl methyl sites for hydroxylation is 4. The van der Waals surface area contributed by atoms with Gasteiger partial charge < -0.3 is 50.7 Å². The molecule has 103 heavy (non-hydrogen) atoms. The molecule has 0 saturated carbocycles. The Morgan fingerprint density at radius 3 is 1.59 bits per heavy atom. The number of aromatic nitrogens is 4. The van der Waals surface area contributed by atoms with E-state index in [1.165, 1.54) is 4.90 Å². The lowest BCUT2D eigenvalue weighted by atomic mass is 9.60. The summed E-state index contributed by atoms with van der Waals surface area (Å²) in [5.74, 6) is -3.87. The van der Waals surface area contributed by atoms with Crippen LogP contribution >= 0.6 is 0 Å². The second kappa shape index (κ2) is 32.4. The quantitative estimate of drug-likeness (QED) is 0.0547. The van der Waals surface area contributed by atoms with Crippen molar-refractivity contribution in [1.29, 1.82) is 0 Å². The Balaban J connectivity index is 0.000000207. The lowest BCUT2D eigenvalue weighted by Crippen LogP contribution is -2.75. The third-order valence-electron chi connectivity index (χ3n) is 23.1. The lowest BCUT2D eigenvalue weighted by Gasteiger charge is -2.57. The van der Waals surface area contributed by atoms with Crippen molar-refractivity contribution in [2.75, 3.05) is 79.7 Å². The third kappa shape index (κ3) is 16.4. The molecule has 8 amide bonds. The minimum absolute atomic E-state index is 0.00295. The van der Waals surface area contributed by atoms with E-state index in [4.69, 9.17) is 0 Å². The minimum atomic E-state index is -1.72. The van der Waals surface area contributed by atoms with Gasteiger partial charge in [-0.05, 0) is 168 Å². The second-order valence-electron chi connectivity index (χ2n) is 30.8. The first kappa shape index (κ1) is 75.2. The van der Waals surface area contributed by atoms with Crippen molar-refractivity contribution in [3.05, 3.63) is 131 Å². The number of alkyl halides is 1. The molecule has 554 valence electrons. The predicted molar refractivity (Wildman–Crippen MR) is 390 cm³/mol. The summed E-state index contributed by atoms with van der Waals surface area (Å²) in [5.41, 5.74) is 5.56. The molecule has 24 nitrogen and oxygen atoms in total. The summed E-state index contributed by atoms with van der Waals surface area (Å²) in [6, 6.07) is 25.3. The van der Waals surface area contributed by atoms with Crippen LogP contribution in [0.3, 0.4) is 0 Å². The first-order valence-electron chi connectivity index (χ1n) is 36.9. The van der Waals surface area contributed by atoms with Crippen LogP contribution in [-0.2, 0) is 68.8 Å². The highest BCUT2D eigenvalue weighted by Crippen LogP contribution is 2.50. The van der Waals surface area contributed by atoms with Crippen molar-refractivity contribution in [3.63, 3.8) is 0 Å². The van der Waals surface area contributed by atoms with Crippen LogP contribution in [0, 0.1) is 42.9 Å². The number of nitrogens with one attached hydrogen (secondary N) is 3. The molecule has 6 aromatic rings. The fraction of sp³-hybridized carbons (Fsp3) is 0.564. The number of amides is 8. The zero-order valence-corrected chi connectivity index (χ0v) is 61.4. The zero-order chi connectivity index (χ0) is 73.6. The number of hydrogen-bond donors (Lipinski definition) is 5. The number of carbonyl (C=O) groups is 8. The molecule has 0 unspecified atom stereocenters. The molecule has 6 fully saturated rings. The van der Waals surface area contributed by atoms with E-state index in [9.17, 15) is 48.2 Å². The zero-order valence-electron chi connectivity index (χ0n) is 61.4. The normalized spacial score (nSPS) is 23.7. The van der Waals surface area contributed by atoms with Gasteiger partial charge in [0.15, 0.2) is 0 Å². The Morgan fingerprint density at radius 1 is 0.602 bits per heavy atom. The van der Waals surface area contributed by atoms with Gasteiger partial charge in [-0.25, -0.2) is 14.0 Å². The van der Waals surface area contributed by atoms with Crippen molar-refractivity contribution in [3.8, 4) is 0 Å². The SMILES string of the molecule is Cc1ccc(C[C@@H]2C[C@@H](C(=O)NCc3ccc4c(cnn4C)c3)N(C(=O)[C@H]3[C@@H](C(=O)N(C)C4CCN(CCF)CC4)CCCN3C(=O)O)C2)cc1.Cc1ccc(C[C@@H]2C[C@@H](C(=O)NCc3ccc4c(cnn4C)c3)N(C(=O)[C@]3(C(C)(C)C)[C@@H](C(=O)N(C)C4CCNCC4)CCCN3C(=O)O)C2)cc1. The summed E-state index contributed by atoms with van der Waals surface area (Å²) < 4.78 is 16.5. The molecule has 8 atom stereocenters. The van der Waals surface area contributed by atoms with Crippen LogP contribution in [0.25, 0.3) is 21.8 Å². The maximum atomic E-state index is 15.6. The van der Waals surface area contributed by atoms with Gasteiger partial charge in [0.2, 0.25) is 29.5 Å². The molecular weight excluding hydrogens is 1310 g/mol. The Bertz CT molecular complexity index is 4030. The van der Waals surface area contributed by atoms with Crippen molar-refractivity contribution in [2.24, 2.45) is 43.2 Å². The maximum Gasteiger partial charge on any atom is 0.408 e. The van der Waals surface area contributed by atoms with Crippen LogP contribution in [0.5, 0.6) is 0 Å². The van der Waals surface area contributed by atoms with Crippen molar-refractivity contribution < 1.29 is 53.0 Å². The minimum Gasteiger partial charge on any atom is -0.465 e. The van der Waals surface area contributed by atoms with E-state index in [2.05, 4.69) is 62.5 Å². The number of benzene rings is 4. The largest absolute Gasteiger partial charge is 0.465 e. The molecule has 0 aliphatic carbocycles. The lowest BCUT2D eigenvalue weighted by molar-refractivity contribution is -0.173. The van der Waals surface area contributed by atoms with Gasteiger partial charge in [-0.3, -0.25) is 47.9 Å². The van der Waals surface area contributed by atoms with E-state index in [0.717, 1.165) is 86.0 Å². The number of hydrogen-bond acceptors (Lipinski definition) is 12. The Kier molecular flexibility index (Phi) is 23.6. The summed E-state index contributed by atoms with van der Waals surface area (Å²) in [4.78, 5) is 124. The molecule has 0 radical (unpaired) electrons. The van der Waals surface area contributed by atoms with Gasteiger partial charge in [-0.15, -0.1) is 0 Å². The predicted octanol–water partition coefficient (Wildman–Crippen LogP) is 7.95. The number of fused-ring (bicyclic) bond motifs is 2. The van der Waals surface area contributed by atoms with E-state index in [1.807, 2.05) is 102 Å². The van der Waals surface area contributed by atoms with E-state index in [0.29, 0.717) is 83.8 Å². The van der Waals surface area contributed by atoms with Gasteiger partial charge >= 0.3 is 12.2 Å². The fourth-order valence-corrected chi connectivity index (χ4v) is 17.4. The van der Waals surface area contributed by atoms with Crippen molar-refractivity contribution >= 4 is 69.4 Å². The van der Waals surface area contributed by atoms with Crippen molar-refractivity contribution in [1.82, 2.24) is 69.8 Å². The van der Waals surface area contributed by atoms with Crippen LogP contribution < -0.4 is 16.0 Å². The number of carboxylic acid groups (broad SMARTS) is 2. The highest BCUT2D eigenvalue weighted by molar-refractivity contribution is 6.00. The van der Waals surface area contributed by atoms with Gasteiger partial charge in [0.1, 0.15) is 30.3 Å². The Labute approximate surface area is 603 Å². The average molecular weight is 1420 g/mol. The first-order chi connectivity index (χ1) is 49.2. The van der Waals surface area contributed by atoms with Gasteiger partial charge in [0, 0.05) is 110 Å². The topological polar surface area (TPSA) is 271 Å². The first-order valence-corrected chi connectivity index (χ1v) is 36.9. The van der Waals surface area contributed by atoms with E-state index in [1.54, 1.807) is 55.5 Å². The van der Waals surface area contributed by atoms with Crippen LogP contribution in [0.1, 0.15) is 118 Å². The third-order valence-corrected chi connectivity index (χ3v) is 23.1. The highest BCUT2D eigenvalue weighted by Gasteiger charge is 2.66. The summed E-state index contributed by atoms with van der Waals surface area (Å²) >= 11 is 0. The van der Waals surface area contributed by atoms with Gasteiger partial charge in [-0.1, -0.05) is 92.6 Å². The number of likely N-dealkylation sites (tertiary alicyclic amines) is 5. The summed E-state index contributed by atoms with van der Waals surface area (Å²) in [6.45, 7) is 13.9. The molecule has 8 heterocycles.